The van der Waals surface area contributed by atoms with Gasteiger partial charge in [0.15, 0.2) is 0 Å². The van der Waals surface area contributed by atoms with E-state index >= 15 is 0 Å². The maximum atomic E-state index is 2.51. The van der Waals surface area contributed by atoms with Crippen LogP contribution in [0.4, 0.5) is 0 Å². The summed E-state index contributed by atoms with van der Waals surface area (Å²) < 4.78 is 5.54. The van der Waals surface area contributed by atoms with Crippen LogP contribution >= 0.6 is 0 Å². The second-order valence-corrected chi connectivity index (χ2v) is 25.7. The molecule has 1 heteroatoms. The van der Waals surface area contributed by atoms with Gasteiger partial charge in [-0.05, 0) is 0 Å². The fourth-order valence-corrected chi connectivity index (χ4v) is 27.4. The average molecular weight is 547 g/mol. The summed E-state index contributed by atoms with van der Waals surface area (Å²) in [7, 11) is 0. The third-order valence-electron chi connectivity index (χ3n) is 7.87. The van der Waals surface area contributed by atoms with Gasteiger partial charge >= 0.3 is 209 Å². The quantitative estimate of drug-likeness (QED) is 0.222. The zero-order chi connectivity index (χ0) is 24.2. The van der Waals surface area contributed by atoms with Gasteiger partial charge < -0.3 is 0 Å². The number of benzene rings is 3. The van der Waals surface area contributed by atoms with E-state index in [9.17, 15) is 0 Å². The molecule has 0 spiro atoms. The van der Waals surface area contributed by atoms with E-state index in [0.717, 1.165) is 0 Å². The Bertz CT molecular complexity index is 854. The van der Waals surface area contributed by atoms with Gasteiger partial charge in [0.2, 0.25) is 0 Å². The third-order valence-corrected chi connectivity index (χ3v) is 26.1. The molecule has 0 aliphatic rings. The van der Waals surface area contributed by atoms with Crippen LogP contribution in [0.15, 0.2) is 91.0 Å². The molecule has 3 aromatic carbocycles. The summed E-state index contributed by atoms with van der Waals surface area (Å²) in [4.78, 5) is 0. The van der Waals surface area contributed by atoms with Crippen molar-refractivity contribution in [2.75, 3.05) is 0 Å². The molecule has 0 aliphatic heterocycles. The van der Waals surface area contributed by atoms with E-state index in [0.29, 0.717) is 0 Å². The van der Waals surface area contributed by atoms with Gasteiger partial charge in [-0.15, -0.1) is 0 Å². The van der Waals surface area contributed by atoms with Crippen LogP contribution in [0, 0.1) is 0 Å². The first-order chi connectivity index (χ1) is 15.5. The van der Waals surface area contributed by atoms with Crippen molar-refractivity contribution in [2.45, 2.75) is 82.5 Å². The zero-order valence-corrected chi connectivity index (χ0v) is 24.8. The van der Waals surface area contributed by atoms with Crippen molar-refractivity contribution in [3.63, 3.8) is 0 Å². The van der Waals surface area contributed by atoms with Crippen LogP contribution in [0.5, 0.6) is 0 Å². The van der Waals surface area contributed by atoms with Crippen molar-refractivity contribution in [1.82, 2.24) is 0 Å². The molecule has 0 amide bonds. The Morgan fingerprint density at radius 3 is 0.909 bits per heavy atom. The first-order valence-corrected chi connectivity index (χ1v) is 20.7. The topological polar surface area (TPSA) is 0 Å². The third kappa shape index (κ3) is 6.53. The molecule has 176 valence electrons. The zero-order valence-electron chi connectivity index (χ0n) is 22.0. The van der Waals surface area contributed by atoms with Gasteiger partial charge in [-0.3, -0.25) is 0 Å². The van der Waals surface area contributed by atoms with Crippen LogP contribution in [0.3, 0.4) is 0 Å². The molecule has 0 aliphatic carbocycles. The van der Waals surface area contributed by atoms with Crippen LogP contribution in [0.1, 0.15) is 65.2 Å². The fraction of sp³-hybridized carbons (Fsp3) is 0.438. The standard InChI is InChI=1S/3C10H13.C2H5.Sn/c3*1-10(2,3)9-7-5-4-6-8-9;1-2;/h3*4-8H,1H2,2-3H3;1H2,2H3;. The van der Waals surface area contributed by atoms with E-state index < -0.39 is 18.4 Å². The van der Waals surface area contributed by atoms with Gasteiger partial charge in [0.05, 0.1) is 0 Å². The monoisotopic (exact) mass is 548 g/mol. The van der Waals surface area contributed by atoms with E-state index in [1.165, 1.54) is 34.4 Å². The molecule has 33 heavy (non-hydrogen) atoms. The van der Waals surface area contributed by atoms with E-state index in [2.05, 4.69) is 139 Å². The van der Waals surface area contributed by atoms with Gasteiger partial charge in [0.1, 0.15) is 0 Å². The van der Waals surface area contributed by atoms with Crippen LogP contribution in [-0.2, 0) is 16.2 Å². The Hall–Kier alpha value is -1.54. The van der Waals surface area contributed by atoms with Gasteiger partial charge in [0, 0.05) is 0 Å². The van der Waals surface area contributed by atoms with Crippen LogP contribution in [0.25, 0.3) is 0 Å². The Morgan fingerprint density at radius 1 is 0.455 bits per heavy atom. The van der Waals surface area contributed by atoms with Gasteiger partial charge in [-0.2, -0.15) is 0 Å². The normalized spacial score (nSPS) is 13.2. The molecule has 0 N–H and O–H groups in total. The van der Waals surface area contributed by atoms with E-state index in [-0.39, 0.29) is 16.2 Å². The Kier molecular flexibility index (Phi) is 8.20. The molecular formula is C32H44Sn. The van der Waals surface area contributed by atoms with Crippen molar-refractivity contribution in [3.8, 4) is 0 Å². The molecule has 3 aromatic rings. The predicted octanol–water partition coefficient (Wildman–Crippen LogP) is 9.39. The molecule has 0 nitrogen and oxygen atoms in total. The average Bonchev–Trinajstić information content (AvgIpc) is 2.80. The minimum atomic E-state index is -2.71. The summed E-state index contributed by atoms with van der Waals surface area (Å²) in [5, 5.41) is 0. The van der Waals surface area contributed by atoms with Crippen molar-refractivity contribution in [2.24, 2.45) is 0 Å². The molecule has 0 aromatic heterocycles. The van der Waals surface area contributed by atoms with Gasteiger partial charge in [-0.25, -0.2) is 0 Å². The predicted molar refractivity (Wildman–Crippen MR) is 149 cm³/mol. The number of hydrogen-bond acceptors (Lipinski definition) is 0. The molecule has 0 saturated carbocycles. The molecule has 0 radical (unpaired) electrons. The molecule has 0 heterocycles. The van der Waals surface area contributed by atoms with Crippen LogP contribution < -0.4 is 0 Å². The Balaban J connectivity index is 2.04. The summed E-state index contributed by atoms with van der Waals surface area (Å²) in [6.45, 7) is 17.5. The Labute approximate surface area is 207 Å². The van der Waals surface area contributed by atoms with E-state index in [4.69, 9.17) is 0 Å². The molecule has 3 rings (SSSR count). The molecule has 0 saturated heterocycles. The molecule has 0 unspecified atom stereocenters. The summed E-state index contributed by atoms with van der Waals surface area (Å²) in [5.74, 6) is 0. The molecule has 0 bridgehead atoms. The van der Waals surface area contributed by atoms with Crippen molar-refractivity contribution >= 4 is 18.4 Å². The molecular weight excluding hydrogens is 503 g/mol. The first kappa shape index (κ1) is 26.1. The van der Waals surface area contributed by atoms with Crippen molar-refractivity contribution in [1.29, 1.82) is 0 Å². The fourth-order valence-electron chi connectivity index (χ4n) is 6.35. The van der Waals surface area contributed by atoms with Crippen molar-refractivity contribution < 1.29 is 0 Å². The van der Waals surface area contributed by atoms with E-state index in [1.807, 2.05) is 0 Å². The van der Waals surface area contributed by atoms with E-state index in [1.54, 1.807) is 0 Å². The van der Waals surface area contributed by atoms with Crippen LogP contribution in [-0.4, -0.2) is 18.4 Å². The Morgan fingerprint density at radius 2 is 0.697 bits per heavy atom. The first-order valence-electron chi connectivity index (χ1n) is 12.7. The van der Waals surface area contributed by atoms with Crippen LogP contribution in [0.2, 0.25) is 17.7 Å². The van der Waals surface area contributed by atoms with Gasteiger partial charge in [-0.1, -0.05) is 0 Å². The van der Waals surface area contributed by atoms with Crippen molar-refractivity contribution in [3.05, 3.63) is 108 Å². The maximum absolute atomic E-state index is 2.71. The number of rotatable bonds is 10. The molecule has 0 fully saturated rings. The second kappa shape index (κ2) is 10.4. The van der Waals surface area contributed by atoms with Gasteiger partial charge in [0.25, 0.3) is 0 Å². The summed E-state index contributed by atoms with van der Waals surface area (Å²) in [6.07, 6.45) is 0. The summed E-state index contributed by atoms with van der Waals surface area (Å²) in [6, 6.07) is 33.8. The molecule has 0 atom stereocenters. The summed E-state index contributed by atoms with van der Waals surface area (Å²) in [5.41, 5.74) is 5.09. The summed E-state index contributed by atoms with van der Waals surface area (Å²) >= 11 is -2.71. The second-order valence-electron chi connectivity index (χ2n) is 12.1. The number of hydrogen-bond donors (Lipinski definition) is 0. The minimum absolute atomic E-state index is 0.201. The SMILES string of the molecule is C[CH2][Sn]([CH2]C(C)(C)c1ccccc1)([CH2]C(C)(C)c1ccccc1)[CH2]C(C)(C)c1ccccc1.